The van der Waals surface area contributed by atoms with E-state index < -0.39 is 5.91 Å². The van der Waals surface area contributed by atoms with Crippen LogP contribution in [-0.2, 0) is 0 Å². The molecule has 0 saturated carbocycles. The van der Waals surface area contributed by atoms with Crippen molar-refractivity contribution < 1.29 is 4.79 Å². The van der Waals surface area contributed by atoms with Gasteiger partial charge in [-0.05, 0) is 43.2 Å². The SMILES string of the molecule is NC(=O)c1cccnc1N1CCN2[C@@H](CC[C@@H]2C#Cc2cccc(Cl)c2)C1. The zero-order valence-corrected chi connectivity index (χ0v) is 15.7. The molecule has 2 N–H and O–H groups in total. The highest BCUT2D eigenvalue weighted by Gasteiger charge is 2.37. The van der Waals surface area contributed by atoms with Crippen LogP contribution >= 0.6 is 11.6 Å². The predicted molar refractivity (Wildman–Crippen MR) is 107 cm³/mol. The molecule has 138 valence electrons. The first-order valence-corrected chi connectivity index (χ1v) is 9.52. The van der Waals surface area contributed by atoms with Gasteiger partial charge in [0.05, 0.1) is 11.6 Å². The fraction of sp³-hybridized carbons (Fsp3) is 0.333. The Morgan fingerprint density at radius 3 is 2.93 bits per heavy atom. The van der Waals surface area contributed by atoms with Crippen LogP contribution in [-0.4, -0.2) is 47.5 Å². The number of halogens is 1. The zero-order chi connectivity index (χ0) is 18.8. The molecule has 2 aliphatic heterocycles. The largest absolute Gasteiger partial charge is 0.365 e. The molecule has 2 aliphatic rings. The lowest BCUT2D eigenvalue weighted by Crippen LogP contribution is -2.53. The molecule has 0 aliphatic carbocycles. The molecule has 2 aromatic rings. The monoisotopic (exact) mass is 380 g/mol. The molecular weight excluding hydrogens is 360 g/mol. The summed E-state index contributed by atoms with van der Waals surface area (Å²) in [4.78, 5) is 20.8. The van der Waals surface area contributed by atoms with Gasteiger partial charge in [-0.1, -0.05) is 29.5 Å². The second kappa shape index (κ2) is 7.59. The lowest BCUT2D eigenvalue weighted by molar-refractivity contribution is 0.1000. The van der Waals surface area contributed by atoms with E-state index in [1.165, 1.54) is 0 Å². The number of carbonyl (C=O) groups excluding carboxylic acids is 1. The van der Waals surface area contributed by atoms with Crippen molar-refractivity contribution in [3.63, 3.8) is 0 Å². The molecule has 1 aromatic carbocycles. The van der Waals surface area contributed by atoms with E-state index >= 15 is 0 Å². The topological polar surface area (TPSA) is 62.5 Å². The van der Waals surface area contributed by atoms with E-state index in [-0.39, 0.29) is 6.04 Å². The Kier molecular flexibility index (Phi) is 5.02. The number of rotatable bonds is 2. The van der Waals surface area contributed by atoms with E-state index in [9.17, 15) is 4.79 Å². The van der Waals surface area contributed by atoms with Crippen LogP contribution in [0.3, 0.4) is 0 Å². The molecule has 1 amide bonds. The van der Waals surface area contributed by atoms with Crippen molar-refractivity contribution in [2.24, 2.45) is 5.73 Å². The maximum atomic E-state index is 11.7. The molecule has 2 atom stereocenters. The third-order valence-electron chi connectivity index (χ3n) is 5.26. The van der Waals surface area contributed by atoms with E-state index in [0.29, 0.717) is 22.4 Å². The zero-order valence-electron chi connectivity index (χ0n) is 14.9. The Bertz CT molecular complexity index is 920. The maximum Gasteiger partial charge on any atom is 0.252 e. The van der Waals surface area contributed by atoms with Gasteiger partial charge in [0.15, 0.2) is 0 Å². The number of fused-ring (bicyclic) bond motifs is 1. The normalized spacial score (nSPS) is 22.0. The molecule has 0 radical (unpaired) electrons. The van der Waals surface area contributed by atoms with E-state index in [4.69, 9.17) is 17.3 Å². The van der Waals surface area contributed by atoms with Gasteiger partial charge in [0.25, 0.3) is 5.91 Å². The Hall–Kier alpha value is -2.55. The van der Waals surface area contributed by atoms with Crippen LogP contribution in [0.25, 0.3) is 0 Å². The summed E-state index contributed by atoms with van der Waals surface area (Å²) in [5.74, 6) is 6.94. The Morgan fingerprint density at radius 1 is 1.22 bits per heavy atom. The number of anilines is 1. The number of primary amides is 1. The van der Waals surface area contributed by atoms with Gasteiger partial charge in [-0.3, -0.25) is 9.69 Å². The predicted octanol–water partition coefficient (Wildman–Crippen LogP) is 2.54. The molecule has 0 spiro atoms. The molecule has 1 aromatic heterocycles. The molecule has 5 nitrogen and oxygen atoms in total. The van der Waals surface area contributed by atoms with Gasteiger partial charge in [-0.2, -0.15) is 0 Å². The number of aromatic nitrogens is 1. The van der Waals surface area contributed by atoms with Gasteiger partial charge in [0.1, 0.15) is 5.82 Å². The van der Waals surface area contributed by atoms with Crippen LogP contribution in [0.4, 0.5) is 5.82 Å². The molecule has 4 rings (SSSR count). The molecule has 6 heteroatoms. The van der Waals surface area contributed by atoms with Crippen LogP contribution < -0.4 is 10.6 Å². The summed E-state index contributed by atoms with van der Waals surface area (Å²) in [5, 5.41) is 0.709. The number of carbonyl (C=O) groups is 1. The van der Waals surface area contributed by atoms with Crippen molar-refractivity contribution >= 4 is 23.3 Å². The Labute approximate surface area is 164 Å². The highest BCUT2D eigenvalue weighted by atomic mass is 35.5. The van der Waals surface area contributed by atoms with E-state index in [0.717, 1.165) is 38.0 Å². The van der Waals surface area contributed by atoms with Gasteiger partial charge in [0.2, 0.25) is 0 Å². The summed E-state index contributed by atoms with van der Waals surface area (Å²) in [6.07, 6.45) is 3.85. The van der Waals surface area contributed by atoms with Crippen LogP contribution in [0.2, 0.25) is 5.02 Å². The molecular formula is C21H21ClN4O. The number of hydrogen-bond acceptors (Lipinski definition) is 4. The summed E-state index contributed by atoms with van der Waals surface area (Å²) >= 11 is 6.04. The molecule has 3 heterocycles. The molecule has 0 bridgehead atoms. The third-order valence-corrected chi connectivity index (χ3v) is 5.50. The first-order valence-electron chi connectivity index (χ1n) is 9.14. The fourth-order valence-corrected chi connectivity index (χ4v) is 4.16. The number of piperazine rings is 1. The quantitative estimate of drug-likeness (QED) is 0.813. The number of amides is 1. The highest BCUT2D eigenvalue weighted by Crippen LogP contribution is 2.30. The molecule has 2 fully saturated rings. The maximum absolute atomic E-state index is 11.7. The Morgan fingerprint density at radius 2 is 2.11 bits per heavy atom. The summed E-state index contributed by atoms with van der Waals surface area (Å²) in [5.41, 5.74) is 6.95. The second-order valence-electron chi connectivity index (χ2n) is 6.95. The minimum Gasteiger partial charge on any atom is -0.365 e. The minimum atomic E-state index is -0.433. The number of benzene rings is 1. The van der Waals surface area contributed by atoms with Gasteiger partial charge < -0.3 is 10.6 Å². The smallest absolute Gasteiger partial charge is 0.252 e. The lowest BCUT2D eigenvalue weighted by atomic mass is 10.1. The van der Waals surface area contributed by atoms with E-state index in [1.54, 1.807) is 18.3 Å². The molecule has 2 saturated heterocycles. The van der Waals surface area contributed by atoms with Crippen molar-refractivity contribution in [2.45, 2.75) is 24.9 Å². The summed E-state index contributed by atoms with van der Waals surface area (Å²) in [7, 11) is 0. The summed E-state index contributed by atoms with van der Waals surface area (Å²) in [6.45, 7) is 2.55. The van der Waals surface area contributed by atoms with Crippen molar-refractivity contribution in [1.82, 2.24) is 9.88 Å². The molecule has 0 unspecified atom stereocenters. The number of pyridine rings is 1. The van der Waals surface area contributed by atoms with Crippen molar-refractivity contribution in [2.75, 3.05) is 24.5 Å². The van der Waals surface area contributed by atoms with Crippen molar-refractivity contribution in [3.8, 4) is 11.8 Å². The first kappa shape index (κ1) is 17.8. The van der Waals surface area contributed by atoms with E-state index in [2.05, 4.69) is 26.6 Å². The minimum absolute atomic E-state index is 0.260. The van der Waals surface area contributed by atoms with Crippen LogP contribution in [0.15, 0.2) is 42.6 Å². The van der Waals surface area contributed by atoms with Crippen molar-refractivity contribution in [3.05, 3.63) is 58.7 Å². The van der Waals surface area contributed by atoms with Gasteiger partial charge in [-0.15, -0.1) is 0 Å². The van der Waals surface area contributed by atoms with Crippen LogP contribution in [0, 0.1) is 11.8 Å². The van der Waals surface area contributed by atoms with Crippen LogP contribution in [0.1, 0.15) is 28.8 Å². The van der Waals surface area contributed by atoms with Crippen LogP contribution in [0.5, 0.6) is 0 Å². The number of hydrogen-bond donors (Lipinski definition) is 1. The van der Waals surface area contributed by atoms with E-state index in [1.807, 2.05) is 24.3 Å². The molecule has 27 heavy (non-hydrogen) atoms. The first-order chi connectivity index (χ1) is 13.1. The lowest BCUT2D eigenvalue weighted by Gasteiger charge is -2.39. The second-order valence-corrected chi connectivity index (χ2v) is 7.39. The van der Waals surface area contributed by atoms with Gasteiger partial charge >= 0.3 is 0 Å². The summed E-state index contributed by atoms with van der Waals surface area (Å²) in [6, 6.07) is 11.8. The fourth-order valence-electron chi connectivity index (χ4n) is 3.97. The average Bonchev–Trinajstić information content (AvgIpc) is 3.08. The Balaban J connectivity index is 1.47. The highest BCUT2D eigenvalue weighted by molar-refractivity contribution is 6.30. The van der Waals surface area contributed by atoms with Crippen molar-refractivity contribution in [1.29, 1.82) is 0 Å². The van der Waals surface area contributed by atoms with Gasteiger partial charge in [0, 0.05) is 42.5 Å². The third kappa shape index (κ3) is 3.78. The summed E-state index contributed by atoms with van der Waals surface area (Å²) < 4.78 is 0. The average molecular weight is 381 g/mol. The van der Waals surface area contributed by atoms with Gasteiger partial charge in [-0.25, -0.2) is 4.98 Å². The standard InChI is InChI=1S/C21H21ClN4O/c22-16-4-1-3-15(13-16)6-7-17-8-9-18-14-25(11-12-26(17)18)21-19(20(23)27)5-2-10-24-21/h1-5,10,13,17-18H,8-9,11-12,14H2,(H2,23,27)/t17-,18-/m0/s1. The number of nitrogens with two attached hydrogens (primary N) is 1. The number of nitrogens with zero attached hydrogens (tertiary/aromatic N) is 3.